The molecule has 1 aliphatic heterocycles. The highest BCUT2D eigenvalue weighted by molar-refractivity contribution is 4.95. The normalized spacial score (nSPS) is 31.7. The molecule has 2 fully saturated rings. The van der Waals surface area contributed by atoms with Crippen molar-refractivity contribution >= 4 is 0 Å². The maximum Gasteiger partial charge on any atom is 0.0965 e. The molecule has 0 amide bonds. The van der Waals surface area contributed by atoms with E-state index >= 15 is 0 Å². The topological polar surface area (TPSA) is 39.1 Å². The molecule has 2 aliphatic rings. The zero-order valence-corrected chi connectivity index (χ0v) is 9.58. The first kappa shape index (κ1) is 10.9. The third-order valence-electron chi connectivity index (χ3n) is 3.83. The quantitative estimate of drug-likeness (QED) is 0.740. The average molecular weight is 207 g/mol. The third kappa shape index (κ3) is 2.50. The van der Waals surface area contributed by atoms with Crippen molar-refractivity contribution in [2.24, 2.45) is 5.92 Å². The Morgan fingerprint density at radius 1 is 1.53 bits per heavy atom. The molecular weight excluding hydrogens is 186 g/mol. The van der Waals surface area contributed by atoms with Crippen LogP contribution in [0.5, 0.6) is 0 Å². The molecule has 3 nitrogen and oxygen atoms in total. The maximum atomic E-state index is 8.93. The summed E-state index contributed by atoms with van der Waals surface area (Å²) < 4.78 is 0. The summed E-state index contributed by atoms with van der Waals surface area (Å²) in [6, 6.07) is 3.23. The van der Waals surface area contributed by atoms with Gasteiger partial charge in [0.25, 0.3) is 0 Å². The Labute approximate surface area is 92.4 Å². The van der Waals surface area contributed by atoms with E-state index in [0.717, 1.165) is 31.5 Å². The minimum absolute atomic E-state index is 0.0501. The second-order valence-corrected chi connectivity index (χ2v) is 4.86. The van der Waals surface area contributed by atoms with E-state index < -0.39 is 0 Å². The van der Waals surface area contributed by atoms with Crippen LogP contribution in [0.25, 0.3) is 0 Å². The highest BCUT2D eigenvalue weighted by atomic mass is 15.2. The highest BCUT2D eigenvalue weighted by Gasteiger charge is 2.37. The summed E-state index contributed by atoms with van der Waals surface area (Å²) in [6.45, 7) is 5.34. The maximum absolute atomic E-state index is 8.93. The van der Waals surface area contributed by atoms with Crippen LogP contribution in [0.3, 0.4) is 0 Å². The molecule has 0 aromatic heterocycles. The Balaban J connectivity index is 1.72. The van der Waals surface area contributed by atoms with Gasteiger partial charge >= 0.3 is 0 Å². The van der Waals surface area contributed by atoms with Crippen molar-refractivity contribution in [2.75, 3.05) is 19.6 Å². The molecule has 0 aromatic carbocycles. The van der Waals surface area contributed by atoms with Crippen LogP contribution >= 0.6 is 0 Å². The monoisotopic (exact) mass is 207 g/mol. The lowest BCUT2D eigenvalue weighted by Gasteiger charge is -2.27. The van der Waals surface area contributed by atoms with Crippen LogP contribution in [0, 0.1) is 17.2 Å². The Hall–Kier alpha value is -0.590. The Morgan fingerprint density at radius 2 is 2.40 bits per heavy atom. The molecule has 3 unspecified atom stereocenters. The van der Waals surface area contributed by atoms with Gasteiger partial charge in [-0.2, -0.15) is 5.26 Å². The Morgan fingerprint density at radius 3 is 2.93 bits per heavy atom. The number of nitrogens with one attached hydrogen (secondary N) is 1. The van der Waals surface area contributed by atoms with Gasteiger partial charge in [-0.05, 0) is 38.1 Å². The van der Waals surface area contributed by atoms with Gasteiger partial charge in [-0.1, -0.05) is 6.92 Å². The summed E-state index contributed by atoms with van der Waals surface area (Å²) in [5, 5.41) is 12.1. The second-order valence-electron chi connectivity index (χ2n) is 4.86. The van der Waals surface area contributed by atoms with Crippen LogP contribution in [-0.2, 0) is 0 Å². The highest BCUT2D eigenvalue weighted by Crippen LogP contribution is 2.37. The molecule has 0 aromatic rings. The van der Waals surface area contributed by atoms with Gasteiger partial charge in [0.05, 0.1) is 12.1 Å². The van der Waals surface area contributed by atoms with Gasteiger partial charge in [0.15, 0.2) is 0 Å². The summed E-state index contributed by atoms with van der Waals surface area (Å²) in [5.74, 6) is 0.967. The van der Waals surface area contributed by atoms with Crippen LogP contribution in [0.2, 0.25) is 0 Å². The summed E-state index contributed by atoms with van der Waals surface area (Å²) >= 11 is 0. The van der Waals surface area contributed by atoms with E-state index in [0.29, 0.717) is 0 Å². The minimum atomic E-state index is 0.0501. The number of hydrogen-bond acceptors (Lipinski definition) is 3. The molecule has 84 valence electrons. The molecule has 1 aliphatic carbocycles. The van der Waals surface area contributed by atoms with Crippen molar-refractivity contribution in [1.82, 2.24) is 10.2 Å². The number of piperidine rings is 1. The molecule has 0 radical (unpaired) electrons. The van der Waals surface area contributed by atoms with Crippen LogP contribution < -0.4 is 5.32 Å². The molecule has 3 heteroatoms. The van der Waals surface area contributed by atoms with Crippen molar-refractivity contribution < 1.29 is 0 Å². The molecular formula is C12H21N3. The van der Waals surface area contributed by atoms with Crippen LogP contribution in [-0.4, -0.2) is 36.6 Å². The van der Waals surface area contributed by atoms with Crippen LogP contribution in [0.15, 0.2) is 0 Å². The zero-order chi connectivity index (χ0) is 10.7. The lowest BCUT2D eigenvalue weighted by atomic mass is 10.1. The van der Waals surface area contributed by atoms with Crippen molar-refractivity contribution in [3.63, 3.8) is 0 Å². The summed E-state index contributed by atoms with van der Waals surface area (Å²) in [4.78, 5) is 2.59. The first-order chi connectivity index (χ1) is 7.33. The summed E-state index contributed by atoms with van der Waals surface area (Å²) in [6.07, 6.45) is 5.23. The van der Waals surface area contributed by atoms with Gasteiger partial charge in [-0.25, -0.2) is 0 Å². The molecule has 2 rings (SSSR count). The fraction of sp³-hybridized carbons (Fsp3) is 0.917. The molecule has 1 saturated carbocycles. The molecule has 3 atom stereocenters. The number of rotatable bonds is 5. The van der Waals surface area contributed by atoms with E-state index in [9.17, 15) is 0 Å². The lowest BCUT2D eigenvalue weighted by Crippen LogP contribution is -2.37. The third-order valence-corrected chi connectivity index (χ3v) is 3.83. The van der Waals surface area contributed by atoms with Crippen molar-refractivity contribution in [3.8, 4) is 6.07 Å². The number of nitriles is 1. The standard InChI is InChI=1S/C12H21N3/c1-2-14-11(8-13)5-6-15-9-10-3-4-12(15)7-10/h10-12,14H,2-7,9H2,1H3. The largest absolute Gasteiger partial charge is 0.302 e. The van der Waals surface area contributed by atoms with Crippen LogP contribution in [0.4, 0.5) is 0 Å². The number of nitrogens with zero attached hydrogens (tertiary/aromatic N) is 2. The van der Waals surface area contributed by atoms with Crippen molar-refractivity contribution in [3.05, 3.63) is 0 Å². The van der Waals surface area contributed by atoms with Crippen LogP contribution in [0.1, 0.15) is 32.6 Å². The molecule has 15 heavy (non-hydrogen) atoms. The first-order valence-electron chi connectivity index (χ1n) is 6.20. The van der Waals surface area contributed by atoms with Gasteiger partial charge in [-0.3, -0.25) is 0 Å². The van der Waals surface area contributed by atoms with Gasteiger partial charge in [0.2, 0.25) is 0 Å². The van der Waals surface area contributed by atoms with E-state index in [1.807, 2.05) is 0 Å². The molecule has 1 N–H and O–H groups in total. The van der Waals surface area contributed by atoms with E-state index in [-0.39, 0.29) is 6.04 Å². The first-order valence-corrected chi connectivity index (χ1v) is 6.20. The predicted octanol–water partition coefficient (Wildman–Crippen LogP) is 1.36. The van der Waals surface area contributed by atoms with Gasteiger partial charge in [-0.15, -0.1) is 0 Å². The molecule has 2 bridgehead atoms. The van der Waals surface area contributed by atoms with E-state index in [1.54, 1.807) is 0 Å². The fourth-order valence-corrected chi connectivity index (χ4v) is 3.05. The SMILES string of the molecule is CCNC(C#N)CCN1CC2CCC1C2. The van der Waals surface area contributed by atoms with E-state index in [4.69, 9.17) is 5.26 Å². The fourth-order valence-electron chi connectivity index (χ4n) is 3.05. The van der Waals surface area contributed by atoms with Gasteiger partial charge in [0.1, 0.15) is 0 Å². The zero-order valence-electron chi connectivity index (χ0n) is 9.58. The molecule has 1 heterocycles. The molecule has 0 spiro atoms. The Bertz CT molecular complexity index is 246. The number of fused-ring (bicyclic) bond motifs is 2. The Kier molecular flexibility index (Phi) is 3.61. The number of likely N-dealkylation sites (tertiary alicyclic amines) is 1. The predicted molar refractivity (Wildman–Crippen MR) is 60.4 cm³/mol. The van der Waals surface area contributed by atoms with E-state index in [1.165, 1.54) is 25.8 Å². The van der Waals surface area contributed by atoms with Crippen molar-refractivity contribution in [1.29, 1.82) is 5.26 Å². The summed E-state index contributed by atoms with van der Waals surface area (Å²) in [5.41, 5.74) is 0. The molecule has 1 saturated heterocycles. The van der Waals surface area contributed by atoms with Gasteiger partial charge in [0, 0.05) is 19.1 Å². The second kappa shape index (κ2) is 4.96. The number of hydrogen-bond donors (Lipinski definition) is 1. The smallest absolute Gasteiger partial charge is 0.0965 e. The lowest BCUT2D eigenvalue weighted by molar-refractivity contribution is 0.207. The average Bonchev–Trinajstić information content (AvgIpc) is 2.85. The van der Waals surface area contributed by atoms with E-state index in [2.05, 4.69) is 23.2 Å². The summed E-state index contributed by atoms with van der Waals surface area (Å²) in [7, 11) is 0. The van der Waals surface area contributed by atoms with Gasteiger partial charge < -0.3 is 10.2 Å². The van der Waals surface area contributed by atoms with Crippen molar-refractivity contribution in [2.45, 2.75) is 44.7 Å². The minimum Gasteiger partial charge on any atom is -0.302 e.